The summed E-state index contributed by atoms with van der Waals surface area (Å²) in [4.78, 5) is 30.1. The van der Waals surface area contributed by atoms with Gasteiger partial charge in [-0.05, 0) is 43.1 Å². The van der Waals surface area contributed by atoms with Gasteiger partial charge in [0.05, 0.1) is 7.11 Å². The first-order valence-electron chi connectivity index (χ1n) is 10.1. The maximum atomic E-state index is 13.3. The van der Waals surface area contributed by atoms with Gasteiger partial charge in [0.15, 0.2) is 23.0 Å². The fourth-order valence-electron chi connectivity index (χ4n) is 4.96. The van der Waals surface area contributed by atoms with Crippen LogP contribution in [0.25, 0.3) is 0 Å². The molecule has 1 heterocycles. The van der Waals surface area contributed by atoms with Crippen molar-refractivity contribution in [3.05, 3.63) is 41.8 Å². The molecule has 3 rings (SSSR count). The predicted octanol–water partition coefficient (Wildman–Crippen LogP) is 3.96. The molecular formula is C23H30N2O4. The largest absolute Gasteiger partial charge is 0.503 e. The van der Waals surface area contributed by atoms with Gasteiger partial charge < -0.3 is 15.2 Å². The zero-order chi connectivity index (χ0) is 21.2. The fraction of sp³-hybridized carbons (Fsp3) is 0.522. The van der Waals surface area contributed by atoms with Gasteiger partial charge >= 0.3 is 0 Å². The zero-order valence-corrected chi connectivity index (χ0v) is 17.6. The average Bonchev–Trinajstić information content (AvgIpc) is 2.66. The van der Waals surface area contributed by atoms with Gasteiger partial charge in [0, 0.05) is 23.7 Å². The Morgan fingerprint density at radius 2 is 2.03 bits per heavy atom. The Labute approximate surface area is 172 Å². The lowest BCUT2D eigenvalue weighted by Crippen LogP contribution is -2.50. The van der Waals surface area contributed by atoms with Crippen molar-refractivity contribution in [2.45, 2.75) is 58.9 Å². The number of amides is 1. The molecular weight excluding hydrogens is 368 g/mol. The van der Waals surface area contributed by atoms with Crippen molar-refractivity contribution in [2.75, 3.05) is 7.11 Å². The SMILES string of the molecule is COc1ccnc(C(=O)NC2CC(C)(C)CC(C)(C(=O)C3=CC=CCC3)C2)c1O. The predicted molar refractivity (Wildman–Crippen MR) is 111 cm³/mol. The number of rotatable bonds is 5. The summed E-state index contributed by atoms with van der Waals surface area (Å²) >= 11 is 0. The van der Waals surface area contributed by atoms with Crippen LogP contribution >= 0.6 is 0 Å². The number of nitrogens with zero attached hydrogens (tertiary/aromatic N) is 1. The molecule has 2 aliphatic carbocycles. The number of methoxy groups -OCH3 is 1. The van der Waals surface area contributed by atoms with Crippen molar-refractivity contribution in [3.8, 4) is 11.5 Å². The maximum absolute atomic E-state index is 13.3. The van der Waals surface area contributed by atoms with E-state index in [0.29, 0.717) is 6.42 Å². The van der Waals surface area contributed by atoms with Crippen LogP contribution in [0.1, 0.15) is 63.4 Å². The monoisotopic (exact) mass is 398 g/mol. The van der Waals surface area contributed by atoms with Crippen molar-refractivity contribution in [2.24, 2.45) is 10.8 Å². The Kier molecular flexibility index (Phi) is 5.82. The average molecular weight is 399 g/mol. The number of ether oxygens (including phenoxy) is 1. The number of nitrogens with one attached hydrogen (secondary N) is 1. The molecule has 2 unspecified atom stereocenters. The molecule has 6 nitrogen and oxygen atoms in total. The fourth-order valence-corrected chi connectivity index (χ4v) is 4.96. The van der Waals surface area contributed by atoms with E-state index in [0.717, 1.165) is 31.3 Å². The summed E-state index contributed by atoms with van der Waals surface area (Å²) in [6.07, 6.45) is 11.1. The molecule has 1 aromatic rings. The van der Waals surface area contributed by atoms with Gasteiger partial charge in [-0.15, -0.1) is 0 Å². The van der Waals surface area contributed by atoms with E-state index in [1.54, 1.807) is 0 Å². The van der Waals surface area contributed by atoms with Gasteiger partial charge in [-0.1, -0.05) is 39.0 Å². The molecule has 0 spiro atoms. The maximum Gasteiger partial charge on any atom is 0.274 e. The molecule has 2 atom stereocenters. The standard InChI is InChI=1S/C23H30N2O4/c1-22(2)12-16(25-21(28)18-19(26)17(29-4)10-11-24-18)13-23(3,14-22)20(27)15-8-6-5-7-9-15/h5-6,8,10-11,16,26H,7,9,12-14H2,1-4H3,(H,25,28). The van der Waals surface area contributed by atoms with E-state index in [-0.39, 0.29) is 34.4 Å². The Morgan fingerprint density at radius 3 is 2.69 bits per heavy atom. The normalized spacial score (nSPS) is 25.8. The number of hydrogen-bond donors (Lipinski definition) is 2. The highest BCUT2D eigenvalue weighted by Gasteiger charge is 2.46. The Bertz CT molecular complexity index is 872. The molecule has 1 fully saturated rings. The lowest BCUT2D eigenvalue weighted by atomic mass is 9.60. The molecule has 2 aliphatic rings. The van der Waals surface area contributed by atoms with Gasteiger partial charge in [0.25, 0.3) is 5.91 Å². The van der Waals surface area contributed by atoms with Crippen molar-refractivity contribution >= 4 is 11.7 Å². The second-order valence-electron chi connectivity index (χ2n) is 9.18. The third kappa shape index (κ3) is 4.52. The first kappa shape index (κ1) is 21.1. The summed E-state index contributed by atoms with van der Waals surface area (Å²) in [7, 11) is 1.42. The van der Waals surface area contributed by atoms with Crippen molar-refractivity contribution in [3.63, 3.8) is 0 Å². The third-order valence-corrected chi connectivity index (χ3v) is 5.88. The van der Waals surface area contributed by atoms with Crippen LogP contribution in [-0.4, -0.2) is 34.9 Å². The first-order chi connectivity index (χ1) is 13.6. The van der Waals surface area contributed by atoms with E-state index in [9.17, 15) is 14.7 Å². The number of pyridine rings is 1. The highest BCUT2D eigenvalue weighted by atomic mass is 16.5. The molecule has 1 saturated carbocycles. The van der Waals surface area contributed by atoms with Gasteiger partial charge in [0.1, 0.15) is 0 Å². The second kappa shape index (κ2) is 8.01. The molecule has 6 heteroatoms. The minimum Gasteiger partial charge on any atom is -0.503 e. The van der Waals surface area contributed by atoms with Gasteiger partial charge in [-0.3, -0.25) is 9.59 Å². The highest BCUT2D eigenvalue weighted by Crippen LogP contribution is 2.48. The number of ketones is 1. The minimum absolute atomic E-state index is 0.0686. The Balaban J connectivity index is 1.81. The summed E-state index contributed by atoms with van der Waals surface area (Å²) in [5.41, 5.74) is 0.154. The first-order valence-corrected chi connectivity index (χ1v) is 10.1. The molecule has 2 N–H and O–H groups in total. The second-order valence-corrected chi connectivity index (χ2v) is 9.18. The van der Waals surface area contributed by atoms with E-state index in [2.05, 4.69) is 30.2 Å². The van der Waals surface area contributed by atoms with E-state index in [4.69, 9.17) is 4.74 Å². The van der Waals surface area contributed by atoms with Crippen LogP contribution < -0.4 is 10.1 Å². The van der Waals surface area contributed by atoms with E-state index in [1.807, 2.05) is 19.1 Å². The third-order valence-electron chi connectivity index (χ3n) is 5.88. The number of Topliss-reactive ketones (excluding diaryl/α,β-unsaturated/α-hetero) is 1. The topological polar surface area (TPSA) is 88.5 Å². The number of carbonyl (C=O) groups is 2. The lowest BCUT2D eigenvalue weighted by Gasteiger charge is -2.46. The molecule has 0 saturated heterocycles. The quantitative estimate of drug-likeness (QED) is 0.784. The van der Waals surface area contributed by atoms with Crippen LogP contribution in [-0.2, 0) is 4.79 Å². The van der Waals surface area contributed by atoms with Gasteiger partial charge in [-0.2, -0.15) is 0 Å². The summed E-state index contributed by atoms with van der Waals surface area (Å²) in [5, 5.41) is 13.2. The van der Waals surface area contributed by atoms with Crippen LogP contribution in [0.3, 0.4) is 0 Å². The summed E-state index contributed by atoms with van der Waals surface area (Å²) in [6, 6.07) is 1.31. The lowest BCUT2D eigenvalue weighted by molar-refractivity contribution is -0.128. The summed E-state index contributed by atoms with van der Waals surface area (Å²) in [6.45, 7) is 6.27. The van der Waals surface area contributed by atoms with Crippen LogP contribution in [0.2, 0.25) is 0 Å². The molecule has 1 amide bonds. The molecule has 29 heavy (non-hydrogen) atoms. The zero-order valence-electron chi connectivity index (χ0n) is 17.6. The van der Waals surface area contributed by atoms with Crippen molar-refractivity contribution in [1.29, 1.82) is 0 Å². The minimum atomic E-state index is -0.541. The Morgan fingerprint density at radius 1 is 1.28 bits per heavy atom. The van der Waals surface area contributed by atoms with Gasteiger partial charge in [-0.25, -0.2) is 4.98 Å². The van der Waals surface area contributed by atoms with Crippen LogP contribution in [0.5, 0.6) is 11.5 Å². The molecule has 0 bridgehead atoms. The van der Waals surface area contributed by atoms with Crippen LogP contribution in [0.4, 0.5) is 0 Å². The number of hydrogen-bond acceptors (Lipinski definition) is 5. The van der Waals surface area contributed by atoms with E-state index in [1.165, 1.54) is 19.4 Å². The van der Waals surface area contributed by atoms with Crippen LogP contribution in [0, 0.1) is 10.8 Å². The number of allylic oxidation sites excluding steroid dienone is 4. The highest BCUT2D eigenvalue weighted by molar-refractivity contribution is 6.00. The van der Waals surface area contributed by atoms with Crippen molar-refractivity contribution < 1.29 is 19.4 Å². The van der Waals surface area contributed by atoms with Crippen LogP contribution in [0.15, 0.2) is 36.1 Å². The molecule has 156 valence electrons. The smallest absolute Gasteiger partial charge is 0.274 e. The van der Waals surface area contributed by atoms with E-state index < -0.39 is 11.3 Å². The number of aromatic hydroxyl groups is 1. The number of carbonyl (C=O) groups excluding carboxylic acids is 2. The number of aromatic nitrogens is 1. The van der Waals surface area contributed by atoms with Crippen molar-refractivity contribution in [1.82, 2.24) is 10.3 Å². The Hall–Kier alpha value is -2.63. The molecule has 1 aromatic heterocycles. The summed E-state index contributed by atoms with van der Waals surface area (Å²) in [5.74, 6) is -0.359. The van der Waals surface area contributed by atoms with Gasteiger partial charge in [0.2, 0.25) is 0 Å². The molecule has 0 aromatic carbocycles. The van der Waals surface area contributed by atoms with E-state index >= 15 is 0 Å². The summed E-state index contributed by atoms with van der Waals surface area (Å²) < 4.78 is 5.06. The molecule has 0 radical (unpaired) electrons. The molecule has 0 aliphatic heterocycles.